The average Bonchev–Trinajstić information content (AvgIpc) is 2.90. The molecular weight excluding hydrogens is 632 g/mol. The lowest BCUT2D eigenvalue weighted by Crippen LogP contribution is -2.59. The Morgan fingerprint density at radius 1 is 0.667 bits per heavy atom. The average molecular weight is 687 g/mol. The second-order valence-corrected chi connectivity index (χ2v) is 13.6. The number of carbonyl (C=O) groups excluding carboxylic acids is 7. The topological polar surface area (TPSA) is 261 Å². The number of rotatable bonds is 19. The Kier molecular flexibility index (Phi) is 18.2. The zero-order chi connectivity index (χ0) is 37.4. The minimum atomic E-state index is -1.41. The number of hydrogen-bond acceptors (Lipinski definition) is 10. The number of ether oxygens (including phenoxy) is 2. The van der Waals surface area contributed by atoms with Gasteiger partial charge in [0, 0.05) is 26.3 Å². The minimum Gasteiger partial charge on any atom is -0.480 e. The molecule has 8 N–H and O–H groups in total. The number of nitrogens with one attached hydrogen (secondary N) is 5. The zero-order valence-electron chi connectivity index (χ0n) is 29.4. The molecule has 0 radical (unpaired) electrons. The Labute approximate surface area is 281 Å². The number of urea groups is 1. The Morgan fingerprint density at radius 2 is 1.10 bits per heavy atom. The van der Waals surface area contributed by atoms with Crippen molar-refractivity contribution in [2.75, 3.05) is 6.54 Å². The van der Waals surface area contributed by atoms with E-state index in [0.717, 1.165) is 0 Å². The summed E-state index contributed by atoms with van der Waals surface area (Å²) in [6.45, 7) is 14.5. The van der Waals surface area contributed by atoms with Crippen molar-refractivity contribution in [3.05, 3.63) is 0 Å². The van der Waals surface area contributed by atoms with Gasteiger partial charge >= 0.3 is 23.9 Å². The fourth-order valence-electron chi connectivity index (χ4n) is 4.19. The van der Waals surface area contributed by atoms with Gasteiger partial charge in [-0.2, -0.15) is 0 Å². The highest BCUT2D eigenvalue weighted by Gasteiger charge is 2.33. The third-order valence-electron chi connectivity index (χ3n) is 6.27. The summed E-state index contributed by atoms with van der Waals surface area (Å²) in [5.74, 6) is -6.27. The molecule has 0 aliphatic carbocycles. The number of carboxylic acids is 1. The summed E-state index contributed by atoms with van der Waals surface area (Å²) in [5, 5.41) is 21.8. The normalized spacial score (nSPS) is 14.0. The summed E-state index contributed by atoms with van der Waals surface area (Å²) in [6.07, 6.45) is -0.837. The third kappa shape index (κ3) is 19.9. The molecule has 0 saturated carbocycles. The first-order chi connectivity index (χ1) is 21.9. The molecule has 0 saturated heterocycles. The van der Waals surface area contributed by atoms with Gasteiger partial charge in [-0.3, -0.25) is 28.8 Å². The molecule has 0 rings (SSSR count). The molecular formula is C31H54N6O11. The van der Waals surface area contributed by atoms with Crippen molar-refractivity contribution in [3.8, 4) is 0 Å². The lowest BCUT2D eigenvalue weighted by Gasteiger charge is -2.28. The van der Waals surface area contributed by atoms with Crippen molar-refractivity contribution < 1.29 is 52.9 Å². The van der Waals surface area contributed by atoms with E-state index in [9.17, 15) is 43.5 Å². The van der Waals surface area contributed by atoms with Crippen molar-refractivity contribution in [1.29, 1.82) is 0 Å². The maximum atomic E-state index is 13.6. The molecule has 0 fully saturated rings. The summed E-state index contributed by atoms with van der Waals surface area (Å²) in [4.78, 5) is 99.4. The fourth-order valence-corrected chi connectivity index (χ4v) is 4.19. The quantitative estimate of drug-likeness (QED) is 0.0721. The van der Waals surface area contributed by atoms with Crippen LogP contribution in [-0.2, 0) is 43.0 Å². The van der Waals surface area contributed by atoms with Gasteiger partial charge in [0.25, 0.3) is 0 Å². The molecule has 0 aromatic carbocycles. The summed E-state index contributed by atoms with van der Waals surface area (Å²) < 4.78 is 10.6. The van der Waals surface area contributed by atoms with Gasteiger partial charge in [0.15, 0.2) is 0 Å². The molecule has 0 spiro atoms. The Morgan fingerprint density at radius 3 is 1.50 bits per heavy atom. The predicted molar refractivity (Wildman–Crippen MR) is 173 cm³/mol. The molecule has 0 aliphatic rings. The highest BCUT2D eigenvalue weighted by molar-refractivity contribution is 5.95. The van der Waals surface area contributed by atoms with Gasteiger partial charge in [-0.1, -0.05) is 13.8 Å². The van der Waals surface area contributed by atoms with E-state index in [1.807, 2.05) is 0 Å². The highest BCUT2D eigenvalue weighted by atomic mass is 16.6. The number of hydrogen-bond donors (Lipinski definition) is 7. The molecule has 17 heteroatoms. The number of esters is 2. The van der Waals surface area contributed by atoms with Gasteiger partial charge in [0.05, 0.1) is 0 Å². The Balaban J connectivity index is 6.02. The molecule has 17 nitrogen and oxygen atoms in total. The molecule has 0 aliphatic heterocycles. The number of carboxylic acid groups (broad SMARTS) is 1. The van der Waals surface area contributed by atoms with Crippen LogP contribution in [0.2, 0.25) is 0 Å². The lowest BCUT2D eigenvalue weighted by atomic mass is 10.0. The molecule has 4 atom stereocenters. The van der Waals surface area contributed by atoms with Crippen molar-refractivity contribution in [3.63, 3.8) is 0 Å². The minimum absolute atomic E-state index is 0.0531. The van der Waals surface area contributed by atoms with Gasteiger partial charge < -0.3 is 46.9 Å². The van der Waals surface area contributed by atoms with Crippen molar-refractivity contribution in [2.45, 2.75) is 136 Å². The van der Waals surface area contributed by atoms with Crippen LogP contribution >= 0.6 is 0 Å². The van der Waals surface area contributed by atoms with Crippen LogP contribution in [0.4, 0.5) is 4.79 Å². The van der Waals surface area contributed by atoms with Crippen molar-refractivity contribution in [2.24, 2.45) is 11.7 Å². The smallest absolute Gasteiger partial charge is 0.326 e. The van der Waals surface area contributed by atoms with Crippen LogP contribution in [0.5, 0.6) is 0 Å². The van der Waals surface area contributed by atoms with Crippen LogP contribution in [0.3, 0.4) is 0 Å². The first kappa shape index (κ1) is 43.6. The number of nitrogens with two attached hydrogens (primary N) is 1. The van der Waals surface area contributed by atoms with E-state index in [1.54, 1.807) is 55.4 Å². The van der Waals surface area contributed by atoms with Gasteiger partial charge in [-0.05, 0) is 73.1 Å². The van der Waals surface area contributed by atoms with E-state index < -0.39 is 88.9 Å². The van der Waals surface area contributed by atoms with Crippen LogP contribution in [-0.4, -0.2) is 94.6 Å². The van der Waals surface area contributed by atoms with Gasteiger partial charge in [0.2, 0.25) is 23.6 Å². The van der Waals surface area contributed by atoms with Crippen LogP contribution in [0.25, 0.3) is 0 Å². The highest BCUT2D eigenvalue weighted by Crippen LogP contribution is 2.13. The number of primary amides is 1. The molecule has 274 valence electrons. The summed E-state index contributed by atoms with van der Waals surface area (Å²) >= 11 is 0. The summed E-state index contributed by atoms with van der Waals surface area (Å²) in [7, 11) is 0. The maximum Gasteiger partial charge on any atom is 0.326 e. The van der Waals surface area contributed by atoms with Crippen LogP contribution in [0.1, 0.15) is 101 Å². The van der Waals surface area contributed by atoms with Gasteiger partial charge in [-0.15, -0.1) is 0 Å². The Hall–Kier alpha value is -4.44. The maximum absolute atomic E-state index is 13.6. The lowest BCUT2D eigenvalue weighted by molar-refractivity contribution is -0.156. The number of amides is 6. The van der Waals surface area contributed by atoms with E-state index in [4.69, 9.17) is 15.2 Å². The van der Waals surface area contributed by atoms with E-state index in [1.165, 1.54) is 6.92 Å². The fraction of sp³-hybridized carbons (Fsp3) is 0.742. The standard InChI is InChI=1S/C31H54N6O11/c1-17(2)24(27(43)36-21(28(44)45)11-10-16-33-29(32)46)37-26(42)20(13-15-23(40)48-31(7,8)9)35-25(41)19(34-18(3)38)12-14-22(39)47-30(4,5)6/h17,19-21,24H,10-16H2,1-9H3,(H,34,38)(H,35,41)(H,36,43)(H,37,42)(H,44,45)(H3,32,33,46)/t19-,20-,21-,24-/m0/s1. The van der Waals surface area contributed by atoms with Crippen molar-refractivity contribution in [1.82, 2.24) is 26.6 Å². The molecule has 48 heavy (non-hydrogen) atoms. The SMILES string of the molecule is CC(=O)N[C@@H](CCC(=O)OC(C)(C)C)C(=O)N[C@@H](CCC(=O)OC(C)(C)C)C(=O)N[C@H](C(=O)N[C@@H](CCCNC(N)=O)C(=O)O)C(C)C. The zero-order valence-corrected chi connectivity index (χ0v) is 29.4. The molecule has 6 amide bonds. The second kappa shape index (κ2) is 20.0. The van der Waals surface area contributed by atoms with Gasteiger partial charge in [-0.25, -0.2) is 9.59 Å². The molecule has 0 heterocycles. The van der Waals surface area contributed by atoms with Gasteiger partial charge in [0.1, 0.15) is 35.4 Å². The van der Waals surface area contributed by atoms with Crippen LogP contribution in [0.15, 0.2) is 0 Å². The van der Waals surface area contributed by atoms with Crippen LogP contribution < -0.4 is 32.3 Å². The van der Waals surface area contributed by atoms with Crippen LogP contribution in [0, 0.1) is 5.92 Å². The predicted octanol–water partition coefficient (Wildman–Crippen LogP) is 0.378. The first-order valence-corrected chi connectivity index (χ1v) is 15.8. The van der Waals surface area contributed by atoms with E-state index in [0.29, 0.717) is 0 Å². The molecule has 0 unspecified atom stereocenters. The third-order valence-corrected chi connectivity index (χ3v) is 6.27. The van der Waals surface area contributed by atoms with E-state index in [2.05, 4.69) is 26.6 Å². The Bertz CT molecular complexity index is 1160. The monoisotopic (exact) mass is 686 g/mol. The largest absolute Gasteiger partial charge is 0.480 e. The second-order valence-electron chi connectivity index (χ2n) is 13.6. The molecule has 0 aromatic rings. The van der Waals surface area contributed by atoms with E-state index >= 15 is 0 Å². The van der Waals surface area contributed by atoms with E-state index in [-0.39, 0.29) is 45.1 Å². The molecule has 0 bridgehead atoms. The summed E-state index contributed by atoms with van der Waals surface area (Å²) in [6, 6.07) is -6.06. The first-order valence-electron chi connectivity index (χ1n) is 15.8. The molecule has 0 aromatic heterocycles. The number of aliphatic carboxylic acids is 1. The van der Waals surface area contributed by atoms with Crippen molar-refractivity contribution >= 4 is 47.6 Å². The summed E-state index contributed by atoms with van der Waals surface area (Å²) in [5.41, 5.74) is 3.40. The number of carbonyl (C=O) groups is 8.